The van der Waals surface area contributed by atoms with Crippen molar-refractivity contribution < 1.29 is 17.7 Å². The van der Waals surface area contributed by atoms with Crippen molar-refractivity contribution in [3.05, 3.63) is 41.2 Å². The van der Waals surface area contributed by atoms with E-state index in [0.717, 1.165) is 29.7 Å². The van der Waals surface area contributed by atoms with Gasteiger partial charge in [-0.05, 0) is 37.5 Å². The molecule has 0 saturated carbocycles. The van der Waals surface area contributed by atoms with E-state index in [4.69, 9.17) is 4.52 Å². The van der Waals surface area contributed by atoms with Crippen LogP contribution in [0.2, 0.25) is 0 Å². The molecule has 28 heavy (non-hydrogen) atoms. The zero-order valence-electron chi connectivity index (χ0n) is 15.0. The summed E-state index contributed by atoms with van der Waals surface area (Å²) in [6.45, 7) is 3.22. The van der Waals surface area contributed by atoms with Gasteiger partial charge in [-0.25, -0.2) is 13.4 Å². The van der Waals surface area contributed by atoms with Crippen LogP contribution in [-0.4, -0.2) is 47.4 Å². The molecule has 1 fully saturated rings. The number of carbonyl (C=O) groups is 1. The van der Waals surface area contributed by atoms with Crippen LogP contribution in [-0.2, 0) is 10.0 Å². The summed E-state index contributed by atoms with van der Waals surface area (Å²) in [5.74, 6) is 0.0215. The fourth-order valence-electron chi connectivity index (χ4n) is 2.77. The van der Waals surface area contributed by atoms with Gasteiger partial charge in [0.2, 0.25) is 5.82 Å². The summed E-state index contributed by atoms with van der Waals surface area (Å²) in [7, 11) is -3.79. The third-order valence-corrected chi connectivity index (χ3v) is 7.05. The van der Waals surface area contributed by atoms with Crippen LogP contribution in [0.5, 0.6) is 0 Å². The van der Waals surface area contributed by atoms with Crippen molar-refractivity contribution >= 4 is 33.1 Å². The molecule has 1 amide bonds. The molecule has 0 bridgehead atoms. The molecule has 0 unspecified atom stereocenters. The molecule has 4 rings (SSSR count). The maximum absolute atomic E-state index is 12.6. The Labute approximate surface area is 165 Å². The Kier molecular flexibility index (Phi) is 4.85. The van der Waals surface area contributed by atoms with E-state index in [0.29, 0.717) is 18.7 Å². The average Bonchev–Trinajstić information content (AvgIpc) is 3.42. The van der Waals surface area contributed by atoms with Gasteiger partial charge in [0.15, 0.2) is 0 Å². The standard InChI is InChI=1S/C17H17N5O4S2/c1-11-4-5-13(18-9-11)21-28(24,25)14-8-12(10-27-14)15-19-16(26-20-15)17(23)22-6-2-3-7-22/h4-5,8-10H,2-3,6-7H2,1H3,(H,18,21). The maximum atomic E-state index is 12.6. The van der Waals surface area contributed by atoms with Crippen molar-refractivity contribution in [1.29, 1.82) is 0 Å². The molecule has 3 aromatic rings. The number of aromatic nitrogens is 3. The van der Waals surface area contributed by atoms with Gasteiger partial charge < -0.3 is 9.42 Å². The van der Waals surface area contributed by atoms with Crippen LogP contribution in [0.4, 0.5) is 5.82 Å². The molecule has 0 atom stereocenters. The molecular formula is C17H17N5O4S2. The Morgan fingerprint density at radius 3 is 2.79 bits per heavy atom. The van der Waals surface area contributed by atoms with Crippen LogP contribution in [0.1, 0.15) is 29.1 Å². The lowest BCUT2D eigenvalue weighted by atomic mass is 10.3. The minimum Gasteiger partial charge on any atom is -0.334 e. The normalized spacial score (nSPS) is 14.4. The zero-order chi connectivity index (χ0) is 19.7. The predicted molar refractivity (Wildman–Crippen MR) is 103 cm³/mol. The average molecular weight is 419 g/mol. The minimum absolute atomic E-state index is 0.0853. The van der Waals surface area contributed by atoms with Gasteiger partial charge in [0.25, 0.3) is 10.0 Å². The first kappa shape index (κ1) is 18.6. The van der Waals surface area contributed by atoms with Crippen LogP contribution in [0.25, 0.3) is 11.4 Å². The van der Waals surface area contributed by atoms with Crippen LogP contribution >= 0.6 is 11.3 Å². The molecule has 146 valence electrons. The predicted octanol–water partition coefficient (Wildman–Crippen LogP) is 2.54. The van der Waals surface area contributed by atoms with Crippen molar-refractivity contribution in [2.24, 2.45) is 0 Å². The first-order valence-corrected chi connectivity index (χ1v) is 11.0. The lowest BCUT2D eigenvalue weighted by molar-refractivity contribution is 0.0743. The molecule has 0 aromatic carbocycles. The van der Waals surface area contributed by atoms with Gasteiger partial charge in [0.05, 0.1) is 0 Å². The second kappa shape index (κ2) is 7.32. The van der Waals surface area contributed by atoms with Gasteiger partial charge in [0, 0.05) is 30.2 Å². The summed E-state index contributed by atoms with van der Waals surface area (Å²) >= 11 is 1.02. The number of pyridine rings is 1. The number of sulfonamides is 1. The maximum Gasteiger partial charge on any atom is 0.316 e. The fourth-order valence-corrected chi connectivity index (χ4v) is 4.94. The van der Waals surface area contributed by atoms with Crippen molar-refractivity contribution in [2.75, 3.05) is 17.8 Å². The molecule has 0 aliphatic carbocycles. The van der Waals surface area contributed by atoms with Gasteiger partial charge in [-0.1, -0.05) is 11.2 Å². The van der Waals surface area contributed by atoms with E-state index in [-0.39, 0.29) is 27.6 Å². The van der Waals surface area contributed by atoms with Gasteiger partial charge in [-0.2, -0.15) is 4.98 Å². The quantitative estimate of drug-likeness (QED) is 0.675. The Balaban J connectivity index is 1.52. The minimum atomic E-state index is -3.79. The number of carbonyl (C=O) groups excluding carboxylic acids is 1. The number of nitrogens with zero attached hydrogens (tertiary/aromatic N) is 4. The van der Waals surface area contributed by atoms with Crippen LogP contribution in [0, 0.1) is 6.92 Å². The Hall–Kier alpha value is -2.79. The first-order chi connectivity index (χ1) is 13.4. The highest BCUT2D eigenvalue weighted by atomic mass is 32.2. The third kappa shape index (κ3) is 3.76. The first-order valence-electron chi connectivity index (χ1n) is 8.60. The van der Waals surface area contributed by atoms with Crippen LogP contribution in [0.3, 0.4) is 0 Å². The van der Waals surface area contributed by atoms with Gasteiger partial charge in [-0.3, -0.25) is 9.52 Å². The molecule has 0 radical (unpaired) electrons. The zero-order valence-corrected chi connectivity index (χ0v) is 16.6. The molecular weight excluding hydrogens is 402 g/mol. The largest absolute Gasteiger partial charge is 0.334 e. The number of hydrogen-bond donors (Lipinski definition) is 1. The number of likely N-dealkylation sites (tertiary alicyclic amines) is 1. The van der Waals surface area contributed by atoms with Crippen molar-refractivity contribution in [1.82, 2.24) is 20.0 Å². The summed E-state index contributed by atoms with van der Waals surface area (Å²) in [4.78, 5) is 22.1. The van der Waals surface area contributed by atoms with E-state index in [9.17, 15) is 13.2 Å². The summed E-state index contributed by atoms with van der Waals surface area (Å²) < 4.78 is 32.7. The number of thiophene rings is 1. The van der Waals surface area contributed by atoms with Gasteiger partial charge in [0.1, 0.15) is 10.0 Å². The monoisotopic (exact) mass is 419 g/mol. The third-order valence-electron chi connectivity index (χ3n) is 4.25. The van der Waals surface area contributed by atoms with E-state index < -0.39 is 10.0 Å². The number of nitrogens with one attached hydrogen (secondary N) is 1. The topological polar surface area (TPSA) is 118 Å². The van der Waals surface area contributed by atoms with Gasteiger partial charge >= 0.3 is 11.8 Å². The number of rotatable bonds is 5. The number of anilines is 1. The summed E-state index contributed by atoms with van der Waals surface area (Å²) in [6, 6.07) is 4.80. The Morgan fingerprint density at radius 2 is 2.07 bits per heavy atom. The second-order valence-electron chi connectivity index (χ2n) is 6.40. The summed E-state index contributed by atoms with van der Waals surface area (Å²) in [5, 5.41) is 5.42. The van der Waals surface area contributed by atoms with Crippen molar-refractivity contribution in [3.8, 4) is 11.4 Å². The summed E-state index contributed by atoms with van der Waals surface area (Å²) in [6.07, 6.45) is 3.50. The van der Waals surface area contributed by atoms with E-state index in [1.807, 2.05) is 6.92 Å². The van der Waals surface area contributed by atoms with Crippen LogP contribution in [0.15, 0.2) is 38.5 Å². The molecule has 0 spiro atoms. The molecule has 1 saturated heterocycles. The molecule has 1 aliphatic heterocycles. The number of aryl methyl sites for hydroxylation is 1. The Morgan fingerprint density at radius 1 is 1.29 bits per heavy atom. The lowest BCUT2D eigenvalue weighted by Gasteiger charge is -2.10. The Bertz CT molecular complexity index is 1100. The highest BCUT2D eigenvalue weighted by Crippen LogP contribution is 2.28. The molecule has 1 aliphatic rings. The van der Waals surface area contributed by atoms with E-state index in [1.165, 1.54) is 6.07 Å². The fraction of sp³-hybridized carbons (Fsp3) is 0.294. The molecule has 3 aromatic heterocycles. The lowest BCUT2D eigenvalue weighted by Crippen LogP contribution is -2.27. The smallest absolute Gasteiger partial charge is 0.316 e. The molecule has 9 nitrogen and oxygen atoms in total. The number of hydrogen-bond acceptors (Lipinski definition) is 8. The highest BCUT2D eigenvalue weighted by molar-refractivity contribution is 7.94. The highest BCUT2D eigenvalue weighted by Gasteiger charge is 2.26. The molecule has 11 heteroatoms. The molecule has 4 heterocycles. The van der Waals surface area contributed by atoms with E-state index in [2.05, 4.69) is 19.8 Å². The second-order valence-corrected chi connectivity index (χ2v) is 9.22. The van der Waals surface area contributed by atoms with Gasteiger partial charge in [-0.15, -0.1) is 11.3 Å². The van der Waals surface area contributed by atoms with Crippen molar-refractivity contribution in [2.45, 2.75) is 24.0 Å². The van der Waals surface area contributed by atoms with E-state index >= 15 is 0 Å². The van der Waals surface area contributed by atoms with E-state index in [1.54, 1.807) is 28.6 Å². The SMILES string of the molecule is Cc1ccc(NS(=O)(=O)c2cc(-c3noc(C(=O)N4CCCC4)n3)cs2)nc1. The molecule has 1 N–H and O–H groups in total. The summed E-state index contributed by atoms with van der Waals surface area (Å²) in [5.41, 5.74) is 1.39. The van der Waals surface area contributed by atoms with Crippen LogP contribution < -0.4 is 4.72 Å². The van der Waals surface area contributed by atoms with Crippen molar-refractivity contribution in [3.63, 3.8) is 0 Å². The number of amides is 1.